The van der Waals surface area contributed by atoms with E-state index in [4.69, 9.17) is 10.5 Å². The molecule has 4 atom stereocenters. The Hall–Kier alpha value is -2.03. The van der Waals surface area contributed by atoms with Gasteiger partial charge in [0.1, 0.15) is 6.07 Å². The van der Waals surface area contributed by atoms with Crippen molar-refractivity contribution >= 4 is 0 Å². The minimum atomic E-state index is -0.203. The lowest BCUT2D eigenvalue weighted by Crippen LogP contribution is -2.42. The quantitative estimate of drug-likeness (QED) is 0.796. The van der Waals surface area contributed by atoms with Crippen molar-refractivity contribution in [1.29, 1.82) is 5.26 Å². The van der Waals surface area contributed by atoms with Crippen LogP contribution in [0.3, 0.4) is 0 Å². The van der Waals surface area contributed by atoms with Crippen molar-refractivity contribution in [1.82, 2.24) is 10.9 Å². The average Bonchev–Trinajstić information content (AvgIpc) is 2.91. The van der Waals surface area contributed by atoms with Crippen molar-refractivity contribution in [3.05, 3.63) is 47.4 Å². The summed E-state index contributed by atoms with van der Waals surface area (Å²) in [5.74, 6) is 0.984. The predicted molar refractivity (Wildman–Crippen MR) is 83.6 cm³/mol. The molecule has 1 aromatic rings. The zero-order valence-corrected chi connectivity index (χ0v) is 12.9. The molecule has 3 rings (SSSR count). The van der Waals surface area contributed by atoms with Crippen LogP contribution in [-0.4, -0.2) is 6.23 Å². The van der Waals surface area contributed by atoms with E-state index in [9.17, 15) is 5.26 Å². The van der Waals surface area contributed by atoms with Crippen molar-refractivity contribution in [3.8, 4) is 6.07 Å². The molecule has 0 amide bonds. The van der Waals surface area contributed by atoms with Gasteiger partial charge in [-0.05, 0) is 17.9 Å². The Morgan fingerprint density at radius 1 is 1.27 bits per heavy atom. The highest BCUT2D eigenvalue weighted by molar-refractivity contribution is 5.32. The zero-order chi connectivity index (χ0) is 15.7. The summed E-state index contributed by atoms with van der Waals surface area (Å²) in [4.78, 5) is 0. The average molecular weight is 298 g/mol. The molecule has 1 saturated heterocycles. The molecule has 5 heteroatoms. The highest BCUT2D eigenvalue weighted by atomic mass is 16.5. The molecule has 2 aliphatic rings. The Labute approximate surface area is 131 Å². The first-order chi connectivity index (χ1) is 10.6. The molecule has 1 aromatic carbocycles. The van der Waals surface area contributed by atoms with Crippen LogP contribution in [0.4, 0.5) is 0 Å². The van der Waals surface area contributed by atoms with Gasteiger partial charge in [0.15, 0.2) is 12.1 Å². The number of rotatable bonds is 3. The Kier molecular flexibility index (Phi) is 4.06. The smallest absolute Gasteiger partial charge is 0.200 e. The van der Waals surface area contributed by atoms with Gasteiger partial charge in [0, 0.05) is 11.8 Å². The summed E-state index contributed by atoms with van der Waals surface area (Å²) in [6, 6.07) is 12.6. The number of nitrogens with zero attached hydrogens (tertiary/aromatic N) is 1. The van der Waals surface area contributed by atoms with Gasteiger partial charge < -0.3 is 10.5 Å². The lowest BCUT2D eigenvalue weighted by Gasteiger charge is -2.36. The molecule has 0 bridgehead atoms. The Balaban J connectivity index is 1.98. The number of allylic oxidation sites excluding steroid dienone is 1. The molecule has 0 radical (unpaired) electrons. The highest BCUT2D eigenvalue weighted by Gasteiger charge is 2.48. The number of fused-ring (bicyclic) bond motifs is 1. The van der Waals surface area contributed by atoms with Crippen LogP contribution in [0.5, 0.6) is 0 Å². The summed E-state index contributed by atoms with van der Waals surface area (Å²) < 4.78 is 5.74. The van der Waals surface area contributed by atoms with Crippen molar-refractivity contribution in [2.45, 2.75) is 32.5 Å². The lowest BCUT2D eigenvalue weighted by molar-refractivity contribution is 0.0156. The van der Waals surface area contributed by atoms with Gasteiger partial charge in [0.05, 0.1) is 11.6 Å². The van der Waals surface area contributed by atoms with E-state index in [1.54, 1.807) is 0 Å². The standard InChI is InChI=1S/C17H22N4O/c1-10(2)8-12-13(9-18)16(19)22-17-14(12)15(20-21-17)11-6-4-3-5-7-11/h3-7,10,12,14-15,17,20-21H,8,19H2,1-2H3. The molecule has 0 spiro atoms. The number of nitriles is 1. The largest absolute Gasteiger partial charge is 0.458 e. The van der Waals surface area contributed by atoms with Gasteiger partial charge in [-0.1, -0.05) is 44.2 Å². The normalized spacial score (nSPS) is 30.8. The zero-order valence-electron chi connectivity index (χ0n) is 12.9. The third-order valence-electron chi connectivity index (χ3n) is 4.47. The molecule has 4 unspecified atom stereocenters. The molecule has 1 fully saturated rings. The molecule has 2 heterocycles. The van der Waals surface area contributed by atoms with E-state index in [-0.39, 0.29) is 30.0 Å². The number of nitrogens with one attached hydrogen (secondary N) is 2. The van der Waals surface area contributed by atoms with Crippen LogP contribution >= 0.6 is 0 Å². The second kappa shape index (κ2) is 5.99. The van der Waals surface area contributed by atoms with E-state index in [2.05, 4.69) is 42.9 Å². The fourth-order valence-corrected chi connectivity index (χ4v) is 3.55. The fraction of sp³-hybridized carbons (Fsp3) is 0.471. The molecule has 22 heavy (non-hydrogen) atoms. The third-order valence-corrected chi connectivity index (χ3v) is 4.47. The van der Waals surface area contributed by atoms with Crippen molar-refractivity contribution in [2.75, 3.05) is 0 Å². The molecular weight excluding hydrogens is 276 g/mol. The van der Waals surface area contributed by atoms with Crippen LogP contribution in [-0.2, 0) is 4.74 Å². The van der Waals surface area contributed by atoms with Crippen LogP contribution in [0.25, 0.3) is 0 Å². The number of nitrogens with two attached hydrogens (primary N) is 1. The van der Waals surface area contributed by atoms with Crippen LogP contribution in [0.15, 0.2) is 41.8 Å². The van der Waals surface area contributed by atoms with Crippen LogP contribution in [0, 0.1) is 29.1 Å². The number of hydrogen-bond donors (Lipinski definition) is 3. The number of ether oxygens (including phenoxy) is 1. The second-order valence-electron chi connectivity index (χ2n) is 6.42. The Bertz CT molecular complexity index is 605. The summed E-state index contributed by atoms with van der Waals surface area (Å²) in [5.41, 5.74) is 14.2. The summed E-state index contributed by atoms with van der Waals surface area (Å²) in [5, 5.41) is 9.51. The van der Waals surface area contributed by atoms with E-state index in [1.165, 1.54) is 5.56 Å². The summed E-state index contributed by atoms with van der Waals surface area (Å²) >= 11 is 0. The fourth-order valence-electron chi connectivity index (χ4n) is 3.55. The maximum atomic E-state index is 9.51. The topological polar surface area (TPSA) is 83.1 Å². The van der Waals surface area contributed by atoms with E-state index in [0.717, 1.165) is 6.42 Å². The first-order valence-electron chi connectivity index (χ1n) is 7.74. The number of benzene rings is 1. The van der Waals surface area contributed by atoms with Gasteiger partial charge in [0.25, 0.3) is 0 Å². The third kappa shape index (κ3) is 2.56. The minimum absolute atomic E-state index is 0.0939. The van der Waals surface area contributed by atoms with E-state index < -0.39 is 0 Å². The molecule has 5 nitrogen and oxygen atoms in total. The molecule has 116 valence electrons. The van der Waals surface area contributed by atoms with Gasteiger partial charge in [-0.3, -0.25) is 0 Å². The van der Waals surface area contributed by atoms with Crippen LogP contribution < -0.4 is 16.6 Å². The van der Waals surface area contributed by atoms with Crippen LogP contribution in [0.1, 0.15) is 31.9 Å². The summed E-state index contributed by atoms with van der Waals surface area (Å²) in [6.07, 6.45) is 0.715. The minimum Gasteiger partial charge on any atom is -0.458 e. The molecule has 0 aliphatic carbocycles. The number of hydrazine groups is 1. The van der Waals surface area contributed by atoms with Crippen molar-refractivity contribution < 1.29 is 4.74 Å². The maximum Gasteiger partial charge on any atom is 0.200 e. The van der Waals surface area contributed by atoms with Gasteiger partial charge in [-0.15, -0.1) is 0 Å². The van der Waals surface area contributed by atoms with Gasteiger partial charge in [-0.25, -0.2) is 10.9 Å². The van der Waals surface area contributed by atoms with E-state index in [1.807, 2.05) is 18.2 Å². The SMILES string of the molecule is CC(C)CC1C(C#N)=C(N)OC2NNC(c3ccccc3)C21. The second-order valence-corrected chi connectivity index (χ2v) is 6.42. The summed E-state index contributed by atoms with van der Waals surface area (Å²) in [6.45, 7) is 4.34. The maximum absolute atomic E-state index is 9.51. The lowest BCUT2D eigenvalue weighted by atomic mass is 9.74. The van der Waals surface area contributed by atoms with Crippen LogP contribution in [0.2, 0.25) is 0 Å². The molecule has 0 aromatic heterocycles. The Morgan fingerprint density at radius 2 is 2.00 bits per heavy atom. The Morgan fingerprint density at radius 3 is 2.64 bits per heavy atom. The summed E-state index contributed by atoms with van der Waals surface area (Å²) in [7, 11) is 0. The van der Waals surface area contributed by atoms with Gasteiger partial charge in [-0.2, -0.15) is 5.26 Å². The van der Waals surface area contributed by atoms with E-state index >= 15 is 0 Å². The number of hydrogen-bond acceptors (Lipinski definition) is 5. The van der Waals surface area contributed by atoms with E-state index in [0.29, 0.717) is 11.5 Å². The monoisotopic (exact) mass is 298 g/mol. The molecule has 2 aliphatic heterocycles. The van der Waals surface area contributed by atoms with Gasteiger partial charge in [0.2, 0.25) is 0 Å². The van der Waals surface area contributed by atoms with Gasteiger partial charge >= 0.3 is 0 Å². The molecule has 4 N–H and O–H groups in total. The molecular formula is C17H22N4O. The molecule has 0 saturated carbocycles. The predicted octanol–water partition coefficient (Wildman–Crippen LogP) is 2.16. The van der Waals surface area contributed by atoms with Crippen molar-refractivity contribution in [3.63, 3.8) is 0 Å². The van der Waals surface area contributed by atoms with Crippen molar-refractivity contribution in [2.24, 2.45) is 23.5 Å². The first-order valence-corrected chi connectivity index (χ1v) is 7.74. The highest BCUT2D eigenvalue weighted by Crippen LogP contribution is 2.44. The first kappa shape index (κ1) is 14.9.